The van der Waals surface area contributed by atoms with Crippen molar-refractivity contribution in [2.24, 2.45) is 0 Å². The van der Waals surface area contributed by atoms with Crippen molar-refractivity contribution in [3.63, 3.8) is 0 Å². The molecule has 0 bridgehead atoms. The van der Waals surface area contributed by atoms with Crippen LogP contribution in [0.25, 0.3) is 0 Å². The lowest BCUT2D eigenvalue weighted by Gasteiger charge is -2.06. The average molecular weight is 285 g/mol. The third-order valence-electron chi connectivity index (χ3n) is 2.42. The minimum atomic E-state index is 0. The first-order valence-electron chi connectivity index (χ1n) is 5.64. The molecular weight excluding hydrogens is 268 g/mol. The van der Waals surface area contributed by atoms with Gasteiger partial charge in [-0.05, 0) is 30.0 Å². The smallest absolute Gasteiger partial charge is 0.213 e. The number of thiophene rings is 1. The van der Waals surface area contributed by atoms with E-state index in [4.69, 9.17) is 4.74 Å². The molecule has 0 aliphatic rings. The summed E-state index contributed by atoms with van der Waals surface area (Å²) >= 11 is 1.79. The Morgan fingerprint density at radius 2 is 2.22 bits per heavy atom. The van der Waals surface area contributed by atoms with Crippen molar-refractivity contribution < 1.29 is 4.74 Å². The molecule has 0 radical (unpaired) electrons. The van der Waals surface area contributed by atoms with Crippen LogP contribution in [-0.4, -0.2) is 18.1 Å². The van der Waals surface area contributed by atoms with E-state index in [1.54, 1.807) is 17.5 Å². The predicted molar refractivity (Wildman–Crippen MR) is 77.7 cm³/mol. The van der Waals surface area contributed by atoms with Crippen molar-refractivity contribution in [3.05, 3.63) is 46.3 Å². The number of hydrogen-bond donors (Lipinski definition) is 1. The molecule has 0 spiro atoms. The molecule has 0 unspecified atom stereocenters. The van der Waals surface area contributed by atoms with Crippen LogP contribution in [0.5, 0.6) is 5.88 Å². The highest BCUT2D eigenvalue weighted by atomic mass is 35.5. The molecule has 0 atom stereocenters. The Hall–Kier alpha value is -1.10. The lowest BCUT2D eigenvalue weighted by molar-refractivity contribution is 0.302. The molecule has 0 amide bonds. The van der Waals surface area contributed by atoms with Crippen LogP contribution in [0.4, 0.5) is 0 Å². The molecule has 0 saturated heterocycles. The molecule has 5 heteroatoms. The standard InChI is InChI=1S/C13H16N2OS.ClH/c1-11-5-9-17-12(11)10-14-7-8-16-13-4-2-3-6-15-13;/h2-6,9,14H,7-8,10H2,1H3;1H. The van der Waals surface area contributed by atoms with Gasteiger partial charge in [-0.3, -0.25) is 0 Å². The van der Waals surface area contributed by atoms with Crippen molar-refractivity contribution in [2.45, 2.75) is 13.5 Å². The molecule has 0 fully saturated rings. The van der Waals surface area contributed by atoms with E-state index < -0.39 is 0 Å². The molecule has 1 N–H and O–H groups in total. The molecule has 0 aliphatic heterocycles. The van der Waals surface area contributed by atoms with Gasteiger partial charge < -0.3 is 10.1 Å². The number of ether oxygens (including phenoxy) is 1. The molecule has 18 heavy (non-hydrogen) atoms. The SMILES string of the molecule is Cc1ccsc1CNCCOc1ccccn1.Cl. The van der Waals surface area contributed by atoms with E-state index in [1.165, 1.54) is 10.4 Å². The van der Waals surface area contributed by atoms with Gasteiger partial charge in [0, 0.05) is 30.2 Å². The molecule has 0 saturated carbocycles. The summed E-state index contributed by atoms with van der Waals surface area (Å²) in [6.45, 7) is 4.52. The van der Waals surface area contributed by atoms with Gasteiger partial charge in [-0.2, -0.15) is 0 Å². The number of halogens is 1. The van der Waals surface area contributed by atoms with Gasteiger partial charge in [0.05, 0.1) is 0 Å². The van der Waals surface area contributed by atoms with Gasteiger partial charge in [-0.15, -0.1) is 23.7 Å². The van der Waals surface area contributed by atoms with E-state index in [0.717, 1.165) is 13.1 Å². The molecule has 0 aliphatic carbocycles. The lowest BCUT2D eigenvalue weighted by Crippen LogP contribution is -2.20. The fourth-order valence-electron chi connectivity index (χ4n) is 1.45. The zero-order valence-corrected chi connectivity index (χ0v) is 11.9. The van der Waals surface area contributed by atoms with Gasteiger partial charge >= 0.3 is 0 Å². The summed E-state index contributed by atoms with van der Waals surface area (Å²) in [5, 5.41) is 5.48. The Labute approximate surface area is 118 Å². The maximum absolute atomic E-state index is 5.49. The molecule has 3 nitrogen and oxygen atoms in total. The van der Waals surface area contributed by atoms with Crippen LogP contribution >= 0.6 is 23.7 Å². The summed E-state index contributed by atoms with van der Waals surface area (Å²) in [5.74, 6) is 0.682. The van der Waals surface area contributed by atoms with E-state index in [0.29, 0.717) is 12.5 Å². The average Bonchev–Trinajstić information content (AvgIpc) is 2.76. The van der Waals surface area contributed by atoms with E-state index in [9.17, 15) is 0 Å². The van der Waals surface area contributed by atoms with Gasteiger partial charge in [0.25, 0.3) is 0 Å². The fourth-order valence-corrected chi connectivity index (χ4v) is 2.32. The molecular formula is C13H17ClN2OS. The van der Waals surface area contributed by atoms with Crippen LogP contribution in [-0.2, 0) is 6.54 Å². The highest BCUT2D eigenvalue weighted by molar-refractivity contribution is 7.10. The Bertz CT molecular complexity index is 447. The van der Waals surface area contributed by atoms with Crippen molar-refractivity contribution in [3.8, 4) is 5.88 Å². The summed E-state index contributed by atoms with van der Waals surface area (Å²) < 4.78 is 5.49. The van der Waals surface area contributed by atoms with Crippen molar-refractivity contribution in [1.82, 2.24) is 10.3 Å². The monoisotopic (exact) mass is 284 g/mol. The predicted octanol–water partition coefficient (Wildman–Crippen LogP) is 3.04. The van der Waals surface area contributed by atoms with Crippen molar-refractivity contribution in [2.75, 3.05) is 13.2 Å². The summed E-state index contributed by atoms with van der Waals surface area (Å²) in [7, 11) is 0. The summed E-state index contributed by atoms with van der Waals surface area (Å²) in [5.41, 5.74) is 1.35. The number of nitrogens with zero attached hydrogens (tertiary/aromatic N) is 1. The van der Waals surface area contributed by atoms with Gasteiger partial charge in [-0.1, -0.05) is 6.07 Å². The second kappa shape index (κ2) is 8.08. The third-order valence-corrected chi connectivity index (χ3v) is 3.44. The highest BCUT2D eigenvalue weighted by Crippen LogP contribution is 2.14. The minimum absolute atomic E-state index is 0. The van der Waals surface area contributed by atoms with Gasteiger partial charge in [0.15, 0.2) is 0 Å². The summed E-state index contributed by atoms with van der Waals surface area (Å²) in [6, 6.07) is 7.81. The van der Waals surface area contributed by atoms with Gasteiger partial charge in [-0.25, -0.2) is 4.98 Å². The summed E-state index contributed by atoms with van der Waals surface area (Å²) in [4.78, 5) is 5.48. The Morgan fingerprint density at radius 1 is 1.33 bits per heavy atom. The van der Waals surface area contributed by atoms with E-state index in [2.05, 4.69) is 28.7 Å². The lowest BCUT2D eigenvalue weighted by atomic mass is 10.3. The van der Waals surface area contributed by atoms with E-state index >= 15 is 0 Å². The Morgan fingerprint density at radius 3 is 2.89 bits per heavy atom. The first kappa shape index (κ1) is 15.0. The van der Waals surface area contributed by atoms with Crippen molar-refractivity contribution >= 4 is 23.7 Å². The first-order valence-corrected chi connectivity index (χ1v) is 6.52. The van der Waals surface area contributed by atoms with Crippen LogP contribution in [0.15, 0.2) is 35.8 Å². The summed E-state index contributed by atoms with van der Waals surface area (Å²) in [6.07, 6.45) is 1.73. The second-order valence-electron chi connectivity index (χ2n) is 3.72. The fraction of sp³-hybridized carbons (Fsp3) is 0.308. The van der Waals surface area contributed by atoms with Crippen LogP contribution in [0.1, 0.15) is 10.4 Å². The Kier molecular flexibility index (Phi) is 6.72. The Balaban J connectivity index is 0.00000162. The molecule has 0 aromatic carbocycles. The largest absolute Gasteiger partial charge is 0.476 e. The zero-order valence-electron chi connectivity index (χ0n) is 10.3. The van der Waals surface area contributed by atoms with E-state index in [1.807, 2.05) is 18.2 Å². The number of hydrogen-bond acceptors (Lipinski definition) is 4. The molecule has 2 rings (SSSR count). The minimum Gasteiger partial charge on any atom is -0.476 e. The maximum atomic E-state index is 5.49. The third kappa shape index (κ3) is 4.64. The highest BCUT2D eigenvalue weighted by Gasteiger charge is 1.98. The van der Waals surface area contributed by atoms with Crippen LogP contribution in [0.3, 0.4) is 0 Å². The second-order valence-corrected chi connectivity index (χ2v) is 4.72. The number of aryl methyl sites for hydroxylation is 1. The number of pyridine rings is 1. The van der Waals surface area contributed by atoms with Crippen LogP contribution < -0.4 is 10.1 Å². The zero-order chi connectivity index (χ0) is 11.9. The normalized spacial score (nSPS) is 9.83. The molecule has 2 aromatic rings. The number of aromatic nitrogens is 1. The number of rotatable bonds is 6. The van der Waals surface area contributed by atoms with E-state index in [-0.39, 0.29) is 12.4 Å². The number of nitrogens with one attached hydrogen (secondary N) is 1. The maximum Gasteiger partial charge on any atom is 0.213 e. The van der Waals surface area contributed by atoms with Gasteiger partial charge in [0.1, 0.15) is 6.61 Å². The van der Waals surface area contributed by atoms with Gasteiger partial charge in [0.2, 0.25) is 5.88 Å². The first-order chi connectivity index (χ1) is 8.36. The topological polar surface area (TPSA) is 34.1 Å². The quantitative estimate of drug-likeness (QED) is 0.828. The molecule has 98 valence electrons. The molecule has 2 aromatic heterocycles. The molecule has 2 heterocycles. The van der Waals surface area contributed by atoms with Crippen LogP contribution in [0.2, 0.25) is 0 Å². The van der Waals surface area contributed by atoms with Crippen molar-refractivity contribution in [1.29, 1.82) is 0 Å². The van der Waals surface area contributed by atoms with Crippen LogP contribution in [0, 0.1) is 6.92 Å².